The van der Waals surface area contributed by atoms with Gasteiger partial charge in [0, 0.05) is 24.2 Å². The third-order valence-corrected chi connectivity index (χ3v) is 4.24. The summed E-state index contributed by atoms with van der Waals surface area (Å²) < 4.78 is 10.8. The molecule has 2 rings (SSSR count). The number of carbonyl (C=O) groups excluding carboxylic acids is 1. The molecule has 1 amide bonds. The Kier molecular flexibility index (Phi) is 6.62. The number of rotatable bonds is 7. The first kappa shape index (κ1) is 19.3. The van der Waals surface area contributed by atoms with Crippen LogP contribution in [0.2, 0.25) is 0 Å². The van der Waals surface area contributed by atoms with Crippen molar-refractivity contribution in [3.63, 3.8) is 0 Å². The molecule has 0 atom stereocenters. The van der Waals surface area contributed by atoms with Gasteiger partial charge >= 0.3 is 0 Å². The summed E-state index contributed by atoms with van der Waals surface area (Å²) in [6.07, 6.45) is 0.849. The fraction of sp³-hybridized carbons (Fsp3) is 0.333. The van der Waals surface area contributed by atoms with E-state index in [0.29, 0.717) is 35.7 Å². The van der Waals surface area contributed by atoms with Gasteiger partial charge in [0.1, 0.15) is 11.5 Å². The predicted molar refractivity (Wildman–Crippen MR) is 100 cm³/mol. The zero-order valence-electron chi connectivity index (χ0n) is 15.7. The van der Waals surface area contributed by atoms with Crippen LogP contribution in [0, 0.1) is 18.3 Å². The molecule has 0 heterocycles. The van der Waals surface area contributed by atoms with Crippen LogP contribution < -0.4 is 9.47 Å². The van der Waals surface area contributed by atoms with Crippen LogP contribution in [0.15, 0.2) is 36.4 Å². The molecule has 0 radical (unpaired) electrons. The number of carbonyl (C=O) groups is 1. The maximum atomic E-state index is 13.1. The Labute approximate surface area is 154 Å². The molecule has 0 spiro atoms. The van der Waals surface area contributed by atoms with Crippen molar-refractivity contribution in [2.24, 2.45) is 0 Å². The Morgan fingerprint density at radius 1 is 1.12 bits per heavy atom. The first-order chi connectivity index (χ1) is 12.5. The van der Waals surface area contributed by atoms with Crippen LogP contribution in [0.5, 0.6) is 11.5 Å². The van der Waals surface area contributed by atoms with E-state index in [0.717, 1.165) is 17.5 Å². The van der Waals surface area contributed by atoms with Crippen LogP contribution in [-0.2, 0) is 6.54 Å². The van der Waals surface area contributed by atoms with Crippen molar-refractivity contribution in [3.8, 4) is 17.6 Å². The molecule has 2 aromatic rings. The molecule has 0 N–H and O–H groups in total. The van der Waals surface area contributed by atoms with Crippen LogP contribution in [0.1, 0.15) is 40.4 Å². The number of benzene rings is 2. The fourth-order valence-corrected chi connectivity index (χ4v) is 2.82. The average Bonchev–Trinajstić information content (AvgIpc) is 2.67. The molecule has 0 unspecified atom stereocenters. The number of ether oxygens (including phenoxy) is 2. The lowest BCUT2D eigenvalue weighted by Crippen LogP contribution is -2.31. The van der Waals surface area contributed by atoms with Gasteiger partial charge in [0.15, 0.2) is 0 Å². The van der Waals surface area contributed by atoms with E-state index < -0.39 is 0 Å². The monoisotopic (exact) mass is 352 g/mol. The van der Waals surface area contributed by atoms with E-state index in [1.165, 1.54) is 0 Å². The number of nitrogens with zero attached hydrogens (tertiary/aromatic N) is 2. The zero-order chi connectivity index (χ0) is 19.1. The van der Waals surface area contributed by atoms with Crippen molar-refractivity contribution in [1.29, 1.82) is 5.26 Å². The minimum Gasteiger partial charge on any atom is -0.496 e. The lowest BCUT2D eigenvalue weighted by Gasteiger charge is -2.23. The van der Waals surface area contributed by atoms with Crippen molar-refractivity contribution >= 4 is 5.91 Å². The topological polar surface area (TPSA) is 62.6 Å². The normalized spacial score (nSPS) is 10.1. The highest BCUT2D eigenvalue weighted by Crippen LogP contribution is 2.30. The maximum Gasteiger partial charge on any atom is 0.254 e. The quantitative estimate of drug-likeness (QED) is 0.757. The number of hydrogen-bond acceptors (Lipinski definition) is 4. The molecule has 0 saturated carbocycles. The summed E-state index contributed by atoms with van der Waals surface area (Å²) in [5.41, 5.74) is 2.99. The first-order valence-corrected chi connectivity index (χ1v) is 8.55. The van der Waals surface area contributed by atoms with Crippen LogP contribution >= 0.6 is 0 Å². The number of nitriles is 1. The number of hydrogen-bond donors (Lipinski definition) is 0. The highest BCUT2D eigenvalue weighted by Gasteiger charge is 2.19. The fourth-order valence-electron chi connectivity index (χ4n) is 2.82. The summed E-state index contributed by atoms with van der Waals surface area (Å²) in [7, 11) is 3.16. The molecule has 0 saturated heterocycles. The van der Waals surface area contributed by atoms with Gasteiger partial charge in [0.2, 0.25) is 0 Å². The molecule has 5 nitrogen and oxygen atoms in total. The molecule has 136 valence electrons. The van der Waals surface area contributed by atoms with Gasteiger partial charge in [0.25, 0.3) is 5.91 Å². The van der Waals surface area contributed by atoms with Gasteiger partial charge in [-0.2, -0.15) is 5.26 Å². The van der Waals surface area contributed by atoms with Gasteiger partial charge in [-0.25, -0.2) is 0 Å². The van der Waals surface area contributed by atoms with Gasteiger partial charge < -0.3 is 14.4 Å². The smallest absolute Gasteiger partial charge is 0.254 e. The van der Waals surface area contributed by atoms with Gasteiger partial charge in [-0.1, -0.05) is 19.1 Å². The van der Waals surface area contributed by atoms with Gasteiger partial charge in [-0.3, -0.25) is 4.79 Å². The first-order valence-electron chi connectivity index (χ1n) is 8.55. The van der Waals surface area contributed by atoms with Crippen molar-refractivity contribution in [2.45, 2.75) is 26.8 Å². The summed E-state index contributed by atoms with van der Waals surface area (Å²) in [6.45, 7) is 5.05. The van der Waals surface area contributed by atoms with Crippen molar-refractivity contribution in [3.05, 3.63) is 58.7 Å². The third kappa shape index (κ3) is 4.34. The van der Waals surface area contributed by atoms with Gasteiger partial charge in [0.05, 0.1) is 25.9 Å². The van der Waals surface area contributed by atoms with E-state index in [1.54, 1.807) is 43.4 Å². The summed E-state index contributed by atoms with van der Waals surface area (Å²) in [6, 6.07) is 12.9. The van der Waals surface area contributed by atoms with E-state index >= 15 is 0 Å². The molecule has 0 aliphatic carbocycles. The Morgan fingerprint density at radius 3 is 2.15 bits per heavy atom. The maximum absolute atomic E-state index is 13.1. The largest absolute Gasteiger partial charge is 0.496 e. The van der Waals surface area contributed by atoms with E-state index in [9.17, 15) is 4.79 Å². The minimum atomic E-state index is -0.0761. The lowest BCUT2D eigenvalue weighted by molar-refractivity contribution is 0.0742. The van der Waals surface area contributed by atoms with Crippen molar-refractivity contribution in [1.82, 2.24) is 4.90 Å². The van der Waals surface area contributed by atoms with Crippen molar-refractivity contribution in [2.75, 3.05) is 20.8 Å². The second-order valence-corrected chi connectivity index (χ2v) is 6.04. The highest BCUT2D eigenvalue weighted by atomic mass is 16.5. The lowest BCUT2D eigenvalue weighted by atomic mass is 10.1. The molecule has 2 aromatic carbocycles. The molecule has 0 aliphatic rings. The van der Waals surface area contributed by atoms with Gasteiger partial charge in [-0.05, 0) is 43.2 Å². The molecule has 5 heteroatoms. The molecule has 0 aromatic heterocycles. The van der Waals surface area contributed by atoms with Crippen molar-refractivity contribution < 1.29 is 14.3 Å². The SMILES string of the molecule is CCCN(Cc1ccc(C#N)cc1)C(=O)c1cc(OC)c(C)c(OC)c1. The second kappa shape index (κ2) is 8.91. The Hall–Kier alpha value is -3.00. The summed E-state index contributed by atoms with van der Waals surface area (Å²) >= 11 is 0. The van der Waals surface area contributed by atoms with Gasteiger partial charge in [-0.15, -0.1) is 0 Å². The van der Waals surface area contributed by atoms with Crippen LogP contribution in [0.25, 0.3) is 0 Å². The molecular weight excluding hydrogens is 328 g/mol. The average molecular weight is 352 g/mol. The van der Waals surface area contributed by atoms with E-state index in [4.69, 9.17) is 14.7 Å². The molecule has 0 fully saturated rings. The highest BCUT2D eigenvalue weighted by molar-refractivity contribution is 5.95. The zero-order valence-corrected chi connectivity index (χ0v) is 15.7. The van der Waals surface area contributed by atoms with E-state index in [1.807, 2.05) is 26.0 Å². The molecular formula is C21H24N2O3. The van der Waals surface area contributed by atoms with Crippen LogP contribution in [0.3, 0.4) is 0 Å². The van der Waals surface area contributed by atoms with E-state index in [-0.39, 0.29) is 5.91 Å². The Bertz CT molecular complexity index is 782. The summed E-state index contributed by atoms with van der Waals surface area (Å²) in [4.78, 5) is 14.9. The standard InChI is InChI=1S/C21H24N2O3/c1-5-10-23(14-17-8-6-16(13-22)7-9-17)21(24)18-11-19(25-3)15(2)20(12-18)26-4/h6-9,11-12H,5,10,14H2,1-4H3. The minimum absolute atomic E-state index is 0.0761. The van der Waals surface area contributed by atoms with Crippen LogP contribution in [0.4, 0.5) is 0 Å². The summed E-state index contributed by atoms with van der Waals surface area (Å²) in [5.74, 6) is 1.18. The Balaban J connectivity index is 2.31. The second-order valence-electron chi connectivity index (χ2n) is 6.04. The molecule has 26 heavy (non-hydrogen) atoms. The molecule has 0 aliphatic heterocycles. The summed E-state index contributed by atoms with van der Waals surface area (Å²) in [5, 5.41) is 8.91. The molecule has 0 bridgehead atoms. The third-order valence-electron chi connectivity index (χ3n) is 4.24. The number of methoxy groups -OCH3 is 2. The number of amides is 1. The van der Waals surface area contributed by atoms with Crippen LogP contribution in [-0.4, -0.2) is 31.6 Å². The predicted octanol–water partition coefficient (Wildman–Crippen LogP) is 3.94. The Morgan fingerprint density at radius 2 is 1.69 bits per heavy atom. The van der Waals surface area contributed by atoms with E-state index in [2.05, 4.69) is 6.07 Å².